The summed E-state index contributed by atoms with van der Waals surface area (Å²) in [6.07, 6.45) is 1.18. The fourth-order valence-electron chi connectivity index (χ4n) is 9.45. The van der Waals surface area contributed by atoms with Gasteiger partial charge in [-0.25, -0.2) is 0 Å². The van der Waals surface area contributed by atoms with E-state index in [-0.39, 0.29) is 0 Å². The molecule has 0 saturated carbocycles. The largest absolute Gasteiger partial charge is 0.457 e. The summed E-state index contributed by atoms with van der Waals surface area (Å²) in [6, 6.07) is 73.0. The van der Waals surface area contributed by atoms with Crippen molar-refractivity contribution in [2.45, 2.75) is 52.4 Å². The van der Waals surface area contributed by atoms with Crippen LogP contribution >= 0.6 is 0 Å². The van der Waals surface area contributed by atoms with E-state index in [0.29, 0.717) is 17.8 Å². The molecule has 0 N–H and O–H groups in total. The van der Waals surface area contributed by atoms with Crippen molar-refractivity contribution >= 4 is 17.1 Å². The van der Waals surface area contributed by atoms with Gasteiger partial charge in [-0.1, -0.05) is 173 Å². The van der Waals surface area contributed by atoms with Crippen LogP contribution in [-0.4, -0.2) is 0 Å². The molecule has 8 aromatic carbocycles. The maximum Gasteiger partial charge on any atom is 0.127 e. The highest BCUT2D eigenvalue weighted by Gasteiger charge is 2.46. The van der Waals surface area contributed by atoms with Gasteiger partial charge in [-0.2, -0.15) is 0 Å². The third-order valence-corrected chi connectivity index (χ3v) is 12.4. The second-order valence-corrected chi connectivity index (χ2v) is 17.2. The van der Waals surface area contributed by atoms with Gasteiger partial charge >= 0.3 is 0 Å². The molecule has 296 valence electrons. The third-order valence-electron chi connectivity index (χ3n) is 12.4. The van der Waals surface area contributed by atoms with Crippen molar-refractivity contribution < 1.29 is 4.74 Å². The number of ether oxygens (including phenoxy) is 1. The Morgan fingerprint density at radius 1 is 0.467 bits per heavy atom. The molecule has 0 amide bonds. The Morgan fingerprint density at radius 2 is 0.983 bits per heavy atom. The normalized spacial score (nSPS) is 14.8. The average molecular weight is 780 g/mol. The number of benzene rings is 8. The molecule has 8 aromatic rings. The van der Waals surface area contributed by atoms with Crippen molar-refractivity contribution in [1.29, 1.82) is 0 Å². The van der Waals surface area contributed by atoms with E-state index in [1.165, 1.54) is 62.1 Å². The molecule has 2 nitrogen and oxygen atoms in total. The molecule has 1 aliphatic carbocycles. The van der Waals surface area contributed by atoms with E-state index < -0.39 is 5.41 Å². The summed E-state index contributed by atoms with van der Waals surface area (Å²) in [7, 11) is 0. The summed E-state index contributed by atoms with van der Waals surface area (Å²) in [5.41, 5.74) is 15.3. The fourth-order valence-corrected chi connectivity index (χ4v) is 9.45. The van der Waals surface area contributed by atoms with Crippen LogP contribution in [0.2, 0.25) is 0 Å². The van der Waals surface area contributed by atoms with Gasteiger partial charge < -0.3 is 9.64 Å². The zero-order valence-corrected chi connectivity index (χ0v) is 35.3. The molecule has 2 unspecified atom stereocenters. The fraction of sp³-hybridized carbons (Fsp3) is 0.172. The molecule has 0 aromatic heterocycles. The summed E-state index contributed by atoms with van der Waals surface area (Å²) in [5, 5.41) is 0. The molecular weight excluding hydrogens is 727 g/mol. The molecule has 0 aliphatic heterocycles. The predicted molar refractivity (Wildman–Crippen MR) is 252 cm³/mol. The third kappa shape index (κ3) is 7.32. The number of hydrogen-bond donors (Lipinski definition) is 0. The lowest BCUT2D eigenvalue weighted by atomic mass is 9.67. The van der Waals surface area contributed by atoms with Gasteiger partial charge in [-0.3, -0.25) is 0 Å². The number of rotatable bonds is 12. The van der Waals surface area contributed by atoms with E-state index in [2.05, 4.69) is 240 Å². The van der Waals surface area contributed by atoms with Crippen LogP contribution in [0.3, 0.4) is 0 Å². The van der Waals surface area contributed by atoms with Crippen molar-refractivity contribution in [1.82, 2.24) is 0 Å². The monoisotopic (exact) mass is 779 g/mol. The predicted octanol–water partition coefficient (Wildman–Crippen LogP) is 16.1. The van der Waals surface area contributed by atoms with Crippen LogP contribution in [0, 0.1) is 18.8 Å². The van der Waals surface area contributed by atoms with Gasteiger partial charge in [0.2, 0.25) is 0 Å². The Hall–Kier alpha value is -6.64. The lowest BCUT2D eigenvalue weighted by Gasteiger charge is -2.35. The van der Waals surface area contributed by atoms with E-state index in [0.717, 1.165) is 28.6 Å². The van der Waals surface area contributed by atoms with Gasteiger partial charge in [-0.05, 0) is 142 Å². The summed E-state index contributed by atoms with van der Waals surface area (Å²) in [5.74, 6) is 3.45. The van der Waals surface area contributed by atoms with Crippen LogP contribution in [0.4, 0.5) is 17.1 Å². The molecule has 1 aliphatic rings. The van der Waals surface area contributed by atoms with E-state index in [4.69, 9.17) is 4.74 Å². The SMILES string of the molecule is Cc1ccc(C2(c3ccc(Oc4ccc(C(CC(C)C)C(C)C)cc4)cc3)c3ccccc3-c3ccc(N(c4ccccc4)c4ccc(-c5ccccc5)cc4)cc32)cc1. The number of fused-ring (bicyclic) bond motifs is 3. The lowest BCUT2D eigenvalue weighted by Crippen LogP contribution is -2.28. The van der Waals surface area contributed by atoms with Gasteiger partial charge in [0.1, 0.15) is 11.5 Å². The molecule has 60 heavy (non-hydrogen) atoms. The van der Waals surface area contributed by atoms with Crippen LogP contribution in [0.25, 0.3) is 22.3 Å². The van der Waals surface area contributed by atoms with Crippen LogP contribution < -0.4 is 9.64 Å². The Balaban J connectivity index is 1.15. The summed E-state index contributed by atoms with van der Waals surface area (Å²) >= 11 is 0. The Morgan fingerprint density at radius 3 is 1.62 bits per heavy atom. The molecular formula is C58H53NO. The summed E-state index contributed by atoms with van der Waals surface area (Å²) in [6.45, 7) is 11.4. The van der Waals surface area contributed by atoms with Crippen LogP contribution in [-0.2, 0) is 5.41 Å². The first-order valence-electron chi connectivity index (χ1n) is 21.5. The zero-order valence-electron chi connectivity index (χ0n) is 35.3. The van der Waals surface area contributed by atoms with Crippen molar-refractivity contribution in [3.05, 3.63) is 234 Å². The minimum Gasteiger partial charge on any atom is -0.457 e. The van der Waals surface area contributed by atoms with Crippen molar-refractivity contribution in [3.8, 4) is 33.8 Å². The number of nitrogens with zero attached hydrogens (tertiary/aromatic N) is 1. The minimum absolute atomic E-state index is 0.536. The van der Waals surface area contributed by atoms with Crippen LogP contribution in [0.1, 0.15) is 73.4 Å². The first-order valence-corrected chi connectivity index (χ1v) is 21.5. The highest BCUT2D eigenvalue weighted by atomic mass is 16.5. The number of hydrogen-bond acceptors (Lipinski definition) is 2. The molecule has 2 atom stereocenters. The lowest BCUT2D eigenvalue weighted by molar-refractivity contribution is 0.407. The number of aryl methyl sites for hydroxylation is 1. The highest BCUT2D eigenvalue weighted by Crippen LogP contribution is 2.57. The Kier molecular flexibility index (Phi) is 10.7. The Bertz CT molecular complexity index is 2680. The molecule has 0 spiro atoms. The maximum atomic E-state index is 6.54. The van der Waals surface area contributed by atoms with Gasteiger partial charge in [0.05, 0.1) is 5.41 Å². The topological polar surface area (TPSA) is 12.5 Å². The Labute approximate surface area is 356 Å². The molecule has 0 fully saturated rings. The van der Waals surface area contributed by atoms with Crippen LogP contribution in [0.15, 0.2) is 200 Å². The molecule has 0 radical (unpaired) electrons. The van der Waals surface area contributed by atoms with Crippen LogP contribution in [0.5, 0.6) is 11.5 Å². The van der Waals surface area contributed by atoms with Crippen molar-refractivity contribution in [2.75, 3.05) is 4.90 Å². The zero-order chi connectivity index (χ0) is 41.2. The van der Waals surface area contributed by atoms with E-state index in [1.807, 2.05) is 0 Å². The molecule has 9 rings (SSSR count). The van der Waals surface area contributed by atoms with E-state index in [1.54, 1.807) is 0 Å². The maximum absolute atomic E-state index is 6.54. The first kappa shape index (κ1) is 38.9. The van der Waals surface area contributed by atoms with Gasteiger partial charge in [0.25, 0.3) is 0 Å². The van der Waals surface area contributed by atoms with Gasteiger partial charge in [0, 0.05) is 17.1 Å². The van der Waals surface area contributed by atoms with Crippen molar-refractivity contribution in [3.63, 3.8) is 0 Å². The molecule has 2 heteroatoms. The average Bonchev–Trinajstić information content (AvgIpc) is 3.57. The molecule has 0 heterocycles. The van der Waals surface area contributed by atoms with Gasteiger partial charge in [-0.15, -0.1) is 0 Å². The standard InChI is InChI=1S/C58H53NO/c1-40(2)38-55(41(3)4)45-24-33-51(34-25-45)60-52-35-28-47(29-36-52)58(46-26-20-42(5)21-27-46)56-19-13-12-18-53(56)54-37-32-50(39-57(54)58)59(48-16-10-7-11-17-48)49-30-22-44(23-31-49)43-14-8-6-9-15-43/h6-37,39-41,55H,38H2,1-5H3. The van der Waals surface area contributed by atoms with Crippen molar-refractivity contribution in [2.24, 2.45) is 11.8 Å². The second kappa shape index (κ2) is 16.5. The quantitative estimate of drug-likeness (QED) is 0.122. The first-order chi connectivity index (χ1) is 29.3. The summed E-state index contributed by atoms with van der Waals surface area (Å²) in [4.78, 5) is 2.38. The second-order valence-electron chi connectivity index (χ2n) is 17.2. The number of para-hydroxylation sites is 1. The van der Waals surface area contributed by atoms with E-state index in [9.17, 15) is 0 Å². The summed E-state index contributed by atoms with van der Waals surface area (Å²) < 4.78 is 6.54. The smallest absolute Gasteiger partial charge is 0.127 e. The number of anilines is 3. The molecule has 0 bridgehead atoms. The minimum atomic E-state index is -0.572. The highest BCUT2D eigenvalue weighted by molar-refractivity contribution is 5.89. The van der Waals surface area contributed by atoms with E-state index >= 15 is 0 Å². The molecule has 0 saturated heterocycles. The van der Waals surface area contributed by atoms with Gasteiger partial charge in [0.15, 0.2) is 0 Å².